The third-order valence-corrected chi connectivity index (χ3v) is 5.47. The molecule has 1 heterocycles. The minimum absolute atomic E-state index is 0. The van der Waals surface area contributed by atoms with Crippen molar-refractivity contribution in [2.75, 3.05) is 46.9 Å². The molecule has 0 bridgehead atoms. The molecule has 0 saturated carbocycles. The monoisotopic (exact) mass is 534 g/mol. The average Bonchev–Trinajstić information content (AvgIpc) is 2.76. The molecule has 2 unspecified atom stereocenters. The van der Waals surface area contributed by atoms with Gasteiger partial charge < -0.3 is 25.2 Å². The fourth-order valence-electron chi connectivity index (χ4n) is 3.82. The zero-order valence-corrected chi connectivity index (χ0v) is 21.1. The highest BCUT2D eigenvalue weighted by Gasteiger charge is 2.20. The minimum Gasteiger partial charge on any atom is -0.493 e. The Kier molecular flexibility index (Phi) is 13.1. The SMILES string of the molecule is CCNC(=NCC(O)c1ccc(OC)c(OC)c1)NCCN1CCCCC1CC.I. The van der Waals surface area contributed by atoms with Crippen molar-refractivity contribution in [2.45, 2.75) is 51.7 Å². The first-order chi connectivity index (χ1) is 14.1. The molecule has 3 N–H and O–H groups in total. The second kappa shape index (κ2) is 14.7. The second-order valence-corrected chi connectivity index (χ2v) is 7.37. The van der Waals surface area contributed by atoms with Crippen molar-refractivity contribution in [1.29, 1.82) is 0 Å². The van der Waals surface area contributed by atoms with Crippen LogP contribution in [0.5, 0.6) is 11.5 Å². The molecule has 172 valence electrons. The highest BCUT2D eigenvalue weighted by Crippen LogP contribution is 2.30. The molecule has 1 aliphatic rings. The fraction of sp³-hybridized carbons (Fsp3) is 0.682. The highest BCUT2D eigenvalue weighted by atomic mass is 127. The standard InChI is InChI=1S/C22H38N4O3.HI/c1-5-18-9-7-8-13-26(18)14-12-24-22(23-6-2)25-16-19(27)17-10-11-20(28-3)21(15-17)29-4;/h10-11,15,18-19,27H,5-9,12-14,16H2,1-4H3,(H2,23,24,25);1H. The van der Waals surface area contributed by atoms with Gasteiger partial charge in [-0.3, -0.25) is 9.89 Å². The Morgan fingerprint density at radius 1 is 1.20 bits per heavy atom. The number of nitrogens with one attached hydrogen (secondary N) is 2. The number of hydrogen-bond acceptors (Lipinski definition) is 5. The lowest BCUT2D eigenvalue weighted by molar-refractivity contribution is 0.147. The molecule has 0 radical (unpaired) electrons. The molecule has 0 spiro atoms. The van der Waals surface area contributed by atoms with E-state index in [0.717, 1.165) is 31.2 Å². The minimum atomic E-state index is -0.711. The van der Waals surface area contributed by atoms with Crippen LogP contribution in [0, 0.1) is 0 Å². The van der Waals surface area contributed by atoms with Crippen LogP contribution < -0.4 is 20.1 Å². The number of guanidine groups is 1. The van der Waals surface area contributed by atoms with Gasteiger partial charge in [-0.15, -0.1) is 24.0 Å². The molecule has 0 amide bonds. The van der Waals surface area contributed by atoms with Gasteiger partial charge in [0, 0.05) is 25.7 Å². The molecule has 0 aromatic heterocycles. The molecule has 8 heteroatoms. The third-order valence-electron chi connectivity index (χ3n) is 5.47. The predicted molar refractivity (Wildman–Crippen MR) is 133 cm³/mol. The van der Waals surface area contributed by atoms with Crippen LogP contribution in [0.25, 0.3) is 0 Å². The van der Waals surface area contributed by atoms with E-state index in [1.165, 1.54) is 32.2 Å². The summed E-state index contributed by atoms with van der Waals surface area (Å²) in [5.74, 6) is 1.98. The molecule has 1 aliphatic heterocycles. The summed E-state index contributed by atoms with van der Waals surface area (Å²) in [7, 11) is 3.18. The smallest absolute Gasteiger partial charge is 0.191 e. The van der Waals surface area contributed by atoms with Gasteiger partial charge in [-0.25, -0.2) is 0 Å². The number of ether oxygens (including phenoxy) is 2. The second-order valence-electron chi connectivity index (χ2n) is 7.37. The summed E-state index contributed by atoms with van der Waals surface area (Å²) in [4.78, 5) is 7.15. The number of rotatable bonds is 10. The van der Waals surface area contributed by atoms with Crippen LogP contribution in [-0.4, -0.2) is 69.0 Å². The van der Waals surface area contributed by atoms with Crippen LogP contribution >= 0.6 is 24.0 Å². The Balaban J connectivity index is 0.00000450. The van der Waals surface area contributed by atoms with E-state index in [1.54, 1.807) is 26.4 Å². The van der Waals surface area contributed by atoms with Gasteiger partial charge in [0.05, 0.1) is 26.9 Å². The van der Waals surface area contributed by atoms with Gasteiger partial charge in [0.1, 0.15) is 0 Å². The van der Waals surface area contributed by atoms with Crippen molar-refractivity contribution < 1.29 is 14.6 Å². The number of hydrogen-bond donors (Lipinski definition) is 3. The maximum atomic E-state index is 10.5. The van der Waals surface area contributed by atoms with Crippen LogP contribution in [0.2, 0.25) is 0 Å². The van der Waals surface area contributed by atoms with Gasteiger partial charge in [0.2, 0.25) is 0 Å². The van der Waals surface area contributed by atoms with E-state index in [4.69, 9.17) is 9.47 Å². The Bertz CT molecular complexity index is 645. The molecule has 0 aliphatic carbocycles. The van der Waals surface area contributed by atoms with E-state index in [-0.39, 0.29) is 30.5 Å². The lowest BCUT2D eigenvalue weighted by atomic mass is 10.0. The van der Waals surface area contributed by atoms with E-state index in [2.05, 4.69) is 27.4 Å². The maximum absolute atomic E-state index is 10.5. The van der Waals surface area contributed by atoms with Crippen molar-refractivity contribution in [1.82, 2.24) is 15.5 Å². The van der Waals surface area contributed by atoms with Crippen LogP contribution in [0.1, 0.15) is 51.2 Å². The Labute approximate surface area is 198 Å². The summed E-state index contributed by atoms with van der Waals surface area (Å²) < 4.78 is 10.6. The predicted octanol–water partition coefficient (Wildman–Crippen LogP) is 3.17. The van der Waals surface area contributed by atoms with Gasteiger partial charge in [-0.2, -0.15) is 0 Å². The number of piperidine rings is 1. The topological polar surface area (TPSA) is 78.4 Å². The molecular weight excluding hydrogens is 495 g/mol. The number of halogens is 1. The summed E-state index contributed by atoms with van der Waals surface area (Å²) in [6.45, 7) is 8.41. The average molecular weight is 534 g/mol. The molecule has 1 aromatic rings. The fourth-order valence-corrected chi connectivity index (χ4v) is 3.82. The number of aliphatic imine (C=N–C) groups is 1. The number of aliphatic hydroxyl groups excluding tert-OH is 1. The molecule has 2 atom stereocenters. The first-order valence-electron chi connectivity index (χ1n) is 10.8. The van der Waals surface area contributed by atoms with Crippen molar-refractivity contribution >= 4 is 29.9 Å². The van der Waals surface area contributed by atoms with Crippen LogP contribution in [0.3, 0.4) is 0 Å². The Hall–Kier alpha value is -1.26. The molecule has 2 rings (SSSR count). The van der Waals surface area contributed by atoms with Gasteiger partial charge in [0.25, 0.3) is 0 Å². The van der Waals surface area contributed by atoms with Crippen LogP contribution in [-0.2, 0) is 0 Å². The van der Waals surface area contributed by atoms with E-state index in [9.17, 15) is 5.11 Å². The van der Waals surface area contributed by atoms with Gasteiger partial charge in [-0.1, -0.05) is 19.4 Å². The van der Waals surface area contributed by atoms with Gasteiger partial charge in [-0.05, 0) is 50.4 Å². The lowest BCUT2D eigenvalue weighted by Crippen LogP contribution is -2.46. The molecule has 1 fully saturated rings. The maximum Gasteiger partial charge on any atom is 0.191 e. The molecule has 30 heavy (non-hydrogen) atoms. The van der Waals surface area contributed by atoms with E-state index < -0.39 is 6.10 Å². The number of nitrogens with zero attached hydrogens (tertiary/aromatic N) is 2. The summed E-state index contributed by atoms with van der Waals surface area (Å²) in [6, 6.07) is 6.13. The van der Waals surface area contributed by atoms with Crippen molar-refractivity contribution in [2.24, 2.45) is 4.99 Å². The van der Waals surface area contributed by atoms with E-state index >= 15 is 0 Å². The van der Waals surface area contributed by atoms with Crippen LogP contribution in [0.4, 0.5) is 0 Å². The largest absolute Gasteiger partial charge is 0.493 e. The first kappa shape index (κ1) is 26.8. The summed E-state index contributed by atoms with van der Waals surface area (Å²) >= 11 is 0. The Morgan fingerprint density at radius 2 is 1.97 bits per heavy atom. The summed E-state index contributed by atoms with van der Waals surface area (Å²) in [5, 5.41) is 17.2. The first-order valence-corrected chi connectivity index (χ1v) is 10.8. The number of benzene rings is 1. The summed E-state index contributed by atoms with van der Waals surface area (Å²) in [6.07, 6.45) is 4.45. The van der Waals surface area contributed by atoms with Crippen molar-refractivity contribution in [3.8, 4) is 11.5 Å². The molecular formula is C22H39IN4O3. The Morgan fingerprint density at radius 3 is 2.63 bits per heavy atom. The highest BCUT2D eigenvalue weighted by molar-refractivity contribution is 14.0. The third kappa shape index (κ3) is 8.11. The van der Waals surface area contributed by atoms with Crippen molar-refractivity contribution in [3.05, 3.63) is 23.8 Å². The zero-order chi connectivity index (χ0) is 21.1. The lowest BCUT2D eigenvalue weighted by Gasteiger charge is -2.35. The van der Waals surface area contributed by atoms with Crippen LogP contribution in [0.15, 0.2) is 23.2 Å². The number of methoxy groups -OCH3 is 2. The van der Waals surface area contributed by atoms with Gasteiger partial charge >= 0.3 is 0 Å². The number of aliphatic hydroxyl groups is 1. The summed E-state index contributed by atoms with van der Waals surface area (Å²) in [5.41, 5.74) is 0.751. The molecule has 1 aromatic carbocycles. The number of likely N-dealkylation sites (tertiary alicyclic amines) is 1. The molecule has 1 saturated heterocycles. The van der Waals surface area contributed by atoms with Gasteiger partial charge in [0.15, 0.2) is 17.5 Å². The van der Waals surface area contributed by atoms with E-state index in [0.29, 0.717) is 17.5 Å². The zero-order valence-electron chi connectivity index (χ0n) is 18.8. The quantitative estimate of drug-likeness (QED) is 0.243. The van der Waals surface area contributed by atoms with E-state index in [1.807, 2.05) is 13.0 Å². The van der Waals surface area contributed by atoms with Crippen molar-refractivity contribution in [3.63, 3.8) is 0 Å². The normalized spacial score (nSPS) is 18.3. The molecule has 7 nitrogen and oxygen atoms in total.